The SMILES string of the molecule is CCCOc1nc(NC)nc(Nc2ccc(Cl)c(Cl)c2)n1. The summed E-state index contributed by atoms with van der Waals surface area (Å²) in [7, 11) is 1.72. The summed E-state index contributed by atoms with van der Waals surface area (Å²) in [4.78, 5) is 12.5. The fourth-order valence-electron chi connectivity index (χ4n) is 1.49. The van der Waals surface area contributed by atoms with Gasteiger partial charge in [-0.2, -0.15) is 15.0 Å². The molecular weight excluding hydrogens is 313 g/mol. The first-order valence-electron chi connectivity index (χ1n) is 6.41. The van der Waals surface area contributed by atoms with Crippen LogP contribution in [0.1, 0.15) is 13.3 Å². The van der Waals surface area contributed by atoms with Gasteiger partial charge in [-0.1, -0.05) is 30.1 Å². The second-order valence-electron chi connectivity index (χ2n) is 4.12. The van der Waals surface area contributed by atoms with Gasteiger partial charge >= 0.3 is 6.01 Å². The highest BCUT2D eigenvalue weighted by Gasteiger charge is 2.08. The molecule has 6 nitrogen and oxygen atoms in total. The lowest BCUT2D eigenvalue weighted by molar-refractivity contribution is 0.292. The van der Waals surface area contributed by atoms with E-state index >= 15 is 0 Å². The van der Waals surface area contributed by atoms with Crippen LogP contribution < -0.4 is 15.4 Å². The molecule has 1 aromatic carbocycles. The van der Waals surface area contributed by atoms with E-state index in [0.717, 1.165) is 12.1 Å². The molecule has 0 aliphatic rings. The van der Waals surface area contributed by atoms with Crippen molar-refractivity contribution >= 4 is 40.8 Å². The Kier molecular flexibility index (Phi) is 5.41. The molecule has 0 spiro atoms. The van der Waals surface area contributed by atoms with Gasteiger partial charge in [0.25, 0.3) is 0 Å². The van der Waals surface area contributed by atoms with Crippen LogP contribution in [0.5, 0.6) is 6.01 Å². The quantitative estimate of drug-likeness (QED) is 0.841. The van der Waals surface area contributed by atoms with Crippen molar-refractivity contribution in [2.75, 3.05) is 24.3 Å². The van der Waals surface area contributed by atoms with E-state index in [-0.39, 0.29) is 6.01 Å². The van der Waals surface area contributed by atoms with Crippen LogP contribution >= 0.6 is 23.2 Å². The third kappa shape index (κ3) is 4.34. The van der Waals surface area contributed by atoms with Crippen molar-refractivity contribution in [3.8, 4) is 6.01 Å². The largest absolute Gasteiger partial charge is 0.463 e. The molecule has 21 heavy (non-hydrogen) atoms. The van der Waals surface area contributed by atoms with E-state index in [2.05, 4.69) is 25.6 Å². The molecule has 0 aliphatic carbocycles. The molecule has 0 amide bonds. The topological polar surface area (TPSA) is 72.0 Å². The average molecular weight is 328 g/mol. The Hall–Kier alpha value is -1.79. The Labute approximate surface area is 132 Å². The molecule has 8 heteroatoms. The number of nitrogens with one attached hydrogen (secondary N) is 2. The first-order chi connectivity index (χ1) is 10.1. The number of halogens is 2. The molecule has 112 valence electrons. The molecule has 0 saturated carbocycles. The van der Waals surface area contributed by atoms with Crippen molar-refractivity contribution in [1.29, 1.82) is 0 Å². The fourth-order valence-corrected chi connectivity index (χ4v) is 1.78. The van der Waals surface area contributed by atoms with Crippen molar-refractivity contribution in [2.45, 2.75) is 13.3 Å². The van der Waals surface area contributed by atoms with Gasteiger partial charge in [0.15, 0.2) is 0 Å². The molecule has 2 aromatic rings. The number of hydrogen-bond acceptors (Lipinski definition) is 6. The summed E-state index contributed by atoms with van der Waals surface area (Å²) in [5, 5.41) is 6.84. The lowest BCUT2D eigenvalue weighted by Gasteiger charge is -2.09. The number of benzene rings is 1. The predicted molar refractivity (Wildman–Crippen MR) is 84.9 cm³/mol. The van der Waals surface area contributed by atoms with Gasteiger partial charge in [0.05, 0.1) is 16.7 Å². The zero-order valence-corrected chi connectivity index (χ0v) is 13.2. The van der Waals surface area contributed by atoms with Crippen molar-refractivity contribution < 1.29 is 4.74 Å². The third-order valence-corrected chi connectivity index (χ3v) is 3.19. The summed E-state index contributed by atoms with van der Waals surface area (Å²) >= 11 is 11.9. The van der Waals surface area contributed by atoms with Crippen LogP contribution in [-0.4, -0.2) is 28.6 Å². The average Bonchev–Trinajstić information content (AvgIpc) is 2.48. The van der Waals surface area contributed by atoms with Crippen molar-refractivity contribution in [2.24, 2.45) is 0 Å². The van der Waals surface area contributed by atoms with E-state index in [1.165, 1.54) is 0 Å². The number of nitrogens with zero attached hydrogens (tertiary/aromatic N) is 3. The lowest BCUT2D eigenvalue weighted by atomic mass is 10.3. The van der Waals surface area contributed by atoms with Gasteiger partial charge in [-0.15, -0.1) is 0 Å². The molecule has 1 heterocycles. The molecular formula is C13H15Cl2N5O. The van der Waals surface area contributed by atoms with Crippen LogP contribution in [0.4, 0.5) is 17.6 Å². The maximum Gasteiger partial charge on any atom is 0.323 e. The van der Waals surface area contributed by atoms with Crippen LogP contribution in [0.3, 0.4) is 0 Å². The van der Waals surface area contributed by atoms with Gasteiger partial charge in [0.1, 0.15) is 0 Å². The molecule has 0 atom stereocenters. The van der Waals surface area contributed by atoms with E-state index < -0.39 is 0 Å². The van der Waals surface area contributed by atoms with Gasteiger partial charge in [0.2, 0.25) is 11.9 Å². The highest BCUT2D eigenvalue weighted by molar-refractivity contribution is 6.42. The van der Waals surface area contributed by atoms with Crippen LogP contribution in [0.25, 0.3) is 0 Å². The summed E-state index contributed by atoms with van der Waals surface area (Å²) in [5.41, 5.74) is 0.721. The van der Waals surface area contributed by atoms with Gasteiger partial charge in [-0.05, 0) is 24.6 Å². The molecule has 0 aliphatic heterocycles. The minimum Gasteiger partial charge on any atom is -0.463 e. The van der Waals surface area contributed by atoms with Crippen LogP contribution in [0.15, 0.2) is 18.2 Å². The fraction of sp³-hybridized carbons (Fsp3) is 0.308. The molecule has 0 fully saturated rings. The second-order valence-corrected chi connectivity index (χ2v) is 4.93. The van der Waals surface area contributed by atoms with E-state index in [0.29, 0.717) is 28.5 Å². The standard InChI is InChI=1S/C13H15Cl2N5O/c1-3-6-21-13-19-11(16-2)18-12(20-13)17-8-4-5-9(14)10(15)7-8/h4-5,7H,3,6H2,1-2H3,(H2,16,17,18,19,20). The van der Waals surface area contributed by atoms with E-state index in [4.69, 9.17) is 27.9 Å². The van der Waals surface area contributed by atoms with Gasteiger partial charge in [0, 0.05) is 12.7 Å². The van der Waals surface area contributed by atoms with Crippen LogP contribution in [0.2, 0.25) is 10.0 Å². The van der Waals surface area contributed by atoms with Gasteiger partial charge in [-0.3, -0.25) is 0 Å². The second kappa shape index (κ2) is 7.28. The summed E-state index contributed by atoms with van der Waals surface area (Å²) in [6, 6.07) is 5.43. The van der Waals surface area contributed by atoms with Crippen molar-refractivity contribution in [1.82, 2.24) is 15.0 Å². The Morgan fingerprint density at radius 1 is 1.10 bits per heavy atom. The summed E-state index contributed by atoms with van der Waals surface area (Å²) in [6.45, 7) is 2.55. The normalized spacial score (nSPS) is 10.3. The number of ether oxygens (including phenoxy) is 1. The number of anilines is 3. The molecule has 0 bridgehead atoms. The molecule has 0 saturated heterocycles. The van der Waals surface area contributed by atoms with Crippen molar-refractivity contribution in [3.63, 3.8) is 0 Å². The van der Waals surface area contributed by atoms with Gasteiger partial charge < -0.3 is 15.4 Å². The van der Waals surface area contributed by atoms with Gasteiger partial charge in [-0.25, -0.2) is 0 Å². The van der Waals surface area contributed by atoms with E-state index in [1.54, 1.807) is 25.2 Å². The highest BCUT2D eigenvalue weighted by atomic mass is 35.5. The minimum absolute atomic E-state index is 0.263. The summed E-state index contributed by atoms with van der Waals surface area (Å²) in [6.07, 6.45) is 0.871. The zero-order valence-electron chi connectivity index (χ0n) is 11.7. The lowest BCUT2D eigenvalue weighted by Crippen LogP contribution is -2.07. The van der Waals surface area contributed by atoms with E-state index in [9.17, 15) is 0 Å². The Balaban J connectivity index is 2.23. The zero-order chi connectivity index (χ0) is 15.2. The Morgan fingerprint density at radius 3 is 2.52 bits per heavy atom. The maximum atomic E-state index is 5.98. The third-order valence-electron chi connectivity index (χ3n) is 2.45. The summed E-state index contributed by atoms with van der Waals surface area (Å²) < 4.78 is 5.43. The summed E-state index contributed by atoms with van der Waals surface area (Å²) in [5.74, 6) is 0.775. The first-order valence-corrected chi connectivity index (χ1v) is 7.16. The number of hydrogen-bond donors (Lipinski definition) is 2. The number of rotatable bonds is 6. The smallest absolute Gasteiger partial charge is 0.323 e. The molecule has 0 unspecified atom stereocenters. The van der Waals surface area contributed by atoms with Crippen molar-refractivity contribution in [3.05, 3.63) is 28.2 Å². The molecule has 2 rings (SSSR count). The Bertz CT molecular complexity index is 624. The molecule has 2 N–H and O–H groups in total. The first kappa shape index (κ1) is 15.6. The Morgan fingerprint density at radius 2 is 1.86 bits per heavy atom. The van der Waals surface area contributed by atoms with Crippen LogP contribution in [0, 0.1) is 0 Å². The number of aromatic nitrogens is 3. The molecule has 1 aromatic heterocycles. The highest BCUT2D eigenvalue weighted by Crippen LogP contribution is 2.26. The van der Waals surface area contributed by atoms with E-state index in [1.807, 2.05) is 6.92 Å². The monoisotopic (exact) mass is 327 g/mol. The maximum absolute atomic E-state index is 5.98. The molecule has 0 radical (unpaired) electrons. The minimum atomic E-state index is 0.263. The predicted octanol–water partition coefficient (Wildman–Crippen LogP) is 3.75. The van der Waals surface area contributed by atoms with Crippen LogP contribution in [-0.2, 0) is 0 Å².